The molecule has 3 heterocycles. The zero-order valence-corrected chi connectivity index (χ0v) is 18.9. The molecule has 4 N–H and O–H groups in total. The largest absolute Gasteiger partial charge is 0.354 e. The van der Waals surface area contributed by atoms with Gasteiger partial charge in [0.1, 0.15) is 0 Å². The molecular formula is C24H29N7O2. The van der Waals surface area contributed by atoms with Gasteiger partial charge in [-0.1, -0.05) is 26.2 Å². The van der Waals surface area contributed by atoms with Gasteiger partial charge in [0.25, 0.3) is 5.91 Å². The Kier molecular flexibility index (Phi) is 5.72. The van der Waals surface area contributed by atoms with Crippen molar-refractivity contribution in [3.63, 3.8) is 0 Å². The number of hydrogen-bond donors (Lipinski definition) is 4. The number of nitrogens with one attached hydrogen (secondary N) is 4. The van der Waals surface area contributed by atoms with Crippen LogP contribution in [0, 0.1) is 5.92 Å². The Morgan fingerprint density at radius 1 is 1.27 bits per heavy atom. The fourth-order valence-electron chi connectivity index (χ4n) is 5.11. The number of likely N-dealkylation sites (N-methyl/N-ethyl adjacent to an activating group) is 1. The van der Waals surface area contributed by atoms with E-state index in [1.165, 1.54) is 19.3 Å². The molecule has 0 saturated heterocycles. The normalized spacial score (nSPS) is 17.1. The van der Waals surface area contributed by atoms with E-state index in [0.29, 0.717) is 17.2 Å². The number of rotatable bonds is 6. The molecule has 9 nitrogen and oxygen atoms in total. The first-order valence-electron chi connectivity index (χ1n) is 11.6. The summed E-state index contributed by atoms with van der Waals surface area (Å²) in [5, 5.41) is 15.6. The molecule has 1 aliphatic carbocycles. The summed E-state index contributed by atoms with van der Waals surface area (Å²) in [6.45, 7) is 2.75. The number of hydrazone groups is 1. The SMILES string of the molecule is CCN[C@@H](C(=O)Nc1cc2c3c(c(-c4cnn(C)c4)[nH]c3c1)C=NNC2=O)C1CCCCC1. The molecule has 1 aromatic carbocycles. The highest BCUT2D eigenvalue weighted by Crippen LogP contribution is 2.35. The van der Waals surface area contributed by atoms with Crippen LogP contribution in [-0.2, 0) is 11.8 Å². The lowest BCUT2D eigenvalue weighted by Crippen LogP contribution is -2.46. The van der Waals surface area contributed by atoms with Crippen molar-refractivity contribution in [3.8, 4) is 11.3 Å². The fourth-order valence-corrected chi connectivity index (χ4v) is 5.11. The third-order valence-corrected chi connectivity index (χ3v) is 6.63. The molecule has 0 spiro atoms. The summed E-state index contributed by atoms with van der Waals surface area (Å²) >= 11 is 0. The maximum Gasteiger partial charge on any atom is 0.272 e. The van der Waals surface area contributed by atoms with Crippen molar-refractivity contribution in [3.05, 3.63) is 35.7 Å². The molecule has 2 aromatic heterocycles. The molecule has 0 bridgehead atoms. The lowest BCUT2D eigenvalue weighted by molar-refractivity contribution is -0.119. The molecule has 0 radical (unpaired) electrons. The van der Waals surface area contributed by atoms with Gasteiger partial charge < -0.3 is 15.6 Å². The number of aromatic nitrogens is 3. The minimum Gasteiger partial charge on any atom is -0.354 e. The van der Waals surface area contributed by atoms with Crippen LogP contribution < -0.4 is 16.1 Å². The summed E-state index contributed by atoms with van der Waals surface area (Å²) in [7, 11) is 1.86. The van der Waals surface area contributed by atoms with E-state index in [0.717, 1.165) is 47.1 Å². The van der Waals surface area contributed by atoms with Crippen molar-refractivity contribution in [2.24, 2.45) is 18.1 Å². The first-order chi connectivity index (χ1) is 16.0. The molecule has 172 valence electrons. The van der Waals surface area contributed by atoms with E-state index in [4.69, 9.17) is 0 Å². The van der Waals surface area contributed by atoms with Gasteiger partial charge in [-0.15, -0.1) is 0 Å². The smallest absolute Gasteiger partial charge is 0.272 e. The Hall–Kier alpha value is -3.46. The Morgan fingerprint density at radius 2 is 2.09 bits per heavy atom. The van der Waals surface area contributed by atoms with Crippen molar-refractivity contribution in [2.75, 3.05) is 11.9 Å². The number of anilines is 1. The van der Waals surface area contributed by atoms with E-state index in [1.54, 1.807) is 23.2 Å². The molecule has 0 unspecified atom stereocenters. The lowest BCUT2D eigenvalue weighted by atomic mass is 9.83. The monoisotopic (exact) mass is 447 g/mol. The zero-order valence-electron chi connectivity index (χ0n) is 18.9. The van der Waals surface area contributed by atoms with Gasteiger partial charge in [-0.2, -0.15) is 10.2 Å². The van der Waals surface area contributed by atoms with Crippen LogP contribution in [0.1, 0.15) is 54.9 Å². The molecule has 2 aliphatic rings. The van der Waals surface area contributed by atoms with Gasteiger partial charge in [-0.25, -0.2) is 5.43 Å². The van der Waals surface area contributed by atoms with Crippen molar-refractivity contribution >= 4 is 34.6 Å². The number of carbonyl (C=O) groups is 2. The Morgan fingerprint density at radius 3 is 2.82 bits per heavy atom. The van der Waals surface area contributed by atoms with E-state index in [2.05, 4.69) is 31.2 Å². The highest BCUT2D eigenvalue weighted by atomic mass is 16.2. The number of H-pyrrole nitrogens is 1. The predicted molar refractivity (Wildman–Crippen MR) is 128 cm³/mol. The van der Waals surface area contributed by atoms with Crippen LogP contribution in [0.25, 0.3) is 22.2 Å². The summed E-state index contributed by atoms with van der Waals surface area (Å²) < 4.78 is 1.73. The van der Waals surface area contributed by atoms with Crippen LogP contribution in [0.4, 0.5) is 5.69 Å². The maximum atomic E-state index is 13.3. The number of aryl methyl sites for hydroxylation is 1. The molecule has 2 amide bonds. The van der Waals surface area contributed by atoms with Crippen molar-refractivity contribution < 1.29 is 9.59 Å². The number of amides is 2. The van der Waals surface area contributed by atoms with Crippen LogP contribution in [0.15, 0.2) is 29.6 Å². The standard InChI is InChI=1S/C24H29N7O2/c1-3-25-22(14-7-5-4-6-8-14)24(33)28-16-9-17-20-18(12-26-30-23(17)32)21(29-19(20)10-16)15-11-27-31(2)13-15/h9-14,22,25,29H,3-8H2,1-2H3,(H,28,33)(H,30,32)/t22-/m1/s1. The van der Waals surface area contributed by atoms with Gasteiger partial charge in [0.2, 0.25) is 5.91 Å². The van der Waals surface area contributed by atoms with Gasteiger partial charge in [-0.05, 0) is 37.4 Å². The van der Waals surface area contributed by atoms with Crippen molar-refractivity contribution in [1.29, 1.82) is 0 Å². The third kappa shape index (κ3) is 4.04. The first kappa shape index (κ1) is 21.4. The molecule has 9 heteroatoms. The minimum atomic E-state index is -0.307. The van der Waals surface area contributed by atoms with E-state index in [-0.39, 0.29) is 17.9 Å². The molecule has 33 heavy (non-hydrogen) atoms. The van der Waals surface area contributed by atoms with E-state index >= 15 is 0 Å². The number of carbonyl (C=O) groups excluding carboxylic acids is 2. The summed E-state index contributed by atoms with van der Waals surface area (Å²) in [5.41, 5.74) is 6.93. The molecule has 1 aliphatic heterocycles. The summed E-state index contributed by atoms with van der Waals surface area (Å²) in [4.78, 5) is 29.5. The molecule has 1 saturated carbocycles. The lowest BCUT2D eigenvalue weighted by Gasteiger charge is -2.30. The zero-order chi connectivity index (χ0) is 22.9. The highest BCUT2D eigenvalue weighted by molar-refractivity contribution is 6.18. The second-order valence-corrected chi connectivity index (χ2v) is 8.88. The quantitative estimate of drug-likeness (QED) is 0.464. The summed E-state index contributed by atoms with van der Waals surface area (Å²) in [6, 6.07) is 3.38. The van der Waals surface area contributed by atoms with Gasteiger partial charge >= 0.3 is 0 Å². The number of aromatic amines is 1. The fraction of sp³-hybridized carbons (Fsp3) is 0.417. The molecule has 1 atom stereocenters. The van der Waals surface area contributed by atoms with E-state index in [1.807, 2.05) is 26.2 Å². The Bertz CT molecular complexity index is 1230. The third-order valence-electron chi connectivity index (χ3n) is 6.63. The minimum absolute atomic E-state index is 0.0557. The van der Waals surface area contributed by atoms with Crippen LogP contribution in [0.5, 0.6) is 0 Å². The molecule has 1 fully saturated rings. The number of benzene rings is 1. The summed E-state index contributed by atoms with van der Waals surface area (Å²) in [6.07, 6.45) is 11.0. The van der Waals surface area contributed by atoms with Gasteiger partial charge in [0.15, 0.2) is 0 Å². The average Bonchev–Trinajstić information content (AvgIpc) is 3.36. The van der Waals surface area contributed by atoms with Gasteiger partial charge in [0.05, 0.1) is 29.7 Å². The van der Waals surface area contributed by atoms with Crippen LogP contribution in [0.2, 0.25) is 0 Å². The van der Waals surface area contributed by atoms with Crippen LogP contribution in [-0.4, -0.2) is 45.4 Å². The molecule has 5 rings (SSSR count). The van der Waals surface area contributed by atoms with Crippen molar-refractivity contribution in [2.45, 2.75) is 45.1 Å². The summed E-state index contributed by atoms with van der Waals surface area (Å²) in [5.74, 6) is -0.0341. The second kappa shape index (κ2) is 8.82. The van der Waals surface area contributed by atoms with Gasteiger partial charge in [-0.3, -0.25) is 14.3 Å². The topological polar surface area (TPSA) is 116 Å². The molecule has 3 aromatic rings. The Balaban J connectivity index is 1.52. The van der Waals surface area contributed by atoms with E-state index < -0.39 is 0 Å². The maximum absolute atomic E-state index is 13.3. The highest BCUT2D eigenvalue weighted by Gasteiger charge is 2.29. The first-order valence-corrected chi connectivity index (χ1v) is 11.6. The second-order valence-electron chi connectivity index (χ2n) is 8.88. The Labute approximate surface area is 192 Å². The predicted octanol–water partition coefficient (Wildman–Crippen LogP) is 3.14. The van der Waals surface area contributed by atoms with Crippen LogP contribution >= 0.6 is 0 Å². The van der Waals surface area contributed by atoms with E-state index in [9.17, 15) is 9.59 Å². The number of nitrogens with zero attached hydrogens (tertiary/aromatic N) is 3. The van der Waals surface area contributed by atoms with Crippen LogP contribution in [0.3, 0.4) is 0 Å². The van der Waals surface area contributed by atoms with Gasteiger partial charge in [0, 0.05) is 41.0 Å². The van der Waals surface area contributed by atoms with Crippen molar-refractivity contribution in [1.82, 2.24) is 25.5 Å². The molecular weight excluding hydrogens is 418 g/mol. The number of hydrogen-bond acceptors (Lipinski definition) is 5. The average molecular weight is 448 g/mol.